The average molecular weight is 513 g/mol. The lowest BCUT2D eigenvalue weighted by Gasteiger charge is -2.34. The van der Waals surface area contributed by atoms with Crippen molar-refractivity contribution in [2.24, 2.45) is 0 Å². The molecular weight excluding hydrogens is 484 g/mol. The zero-order chi connectivity index (χ0) is 25.9. The number of halogens is 4. The molecule has 2 fully saturated rings. The van der Waals surface area contributed by atoms with Gasteiger partial charge < -0.3 is 29.1 Å². The number of anilines is 2. The minimum absolute atomic E-state index is 0.0268. The molecule has 0 radical (unpaired) electrons. The van der Waals surface area contributed by atoms with Gasteiger partial charge in [0, 0.05) is 57.4 Å². The Morgan fingerprint density at radius 2 is 1.72 bits per heavy atom. The van der Waals surface area contributed by atoms with Crippen LogP contribution in [0.1, 0.15) is 25.7 Å². The summed E-state index contributed by atoms with van der Waals surface area (Å²) in [7, 11) is 1.62. The first-order valence-electron chi connectivity index (χ1n) is 11.7. The van der Waals surface area contributed by atoms with Crippen LogP contribution in [0.15, 0.2) is 42.5 Å². The molecule has 36 heavy (non-hydrogen) atoms. The van der Waals surface area contributed by atoms with Crippen molar-refractivity contribution in [3.05, 3.63) is 48.3 Å². The van der Waals surface area contributed by atoms with E-state index in [0.29, 0.717) is 44.6 Å². The van der Waals surface area contributed by atoms with Crippen LogP contribution in [-0.2, 0) is 9.53 Å². The predicted molar refractivity (Wildman–Crippen MR) is 124 cm³/mol. The van der Waals surface area contributed by atoms with Gasteiger partial charge in [-0.1, -0.05) is 0 Å². The molecule has 7 nitrogen and oxygen atoms in total. The minimum atomic E-state index is -4.84. The lowest BCUT2D eigenvalue weighted by Crippen LogP contribution is -2.38. The number of ether oxygens (including phenoxy) is 3. The number of benzene rings is 2. The van der Waals surface area contributed by atoms with Crippen molar-refractivity contribution in [2.45, 2.75) is 50.3 Å². The van der Waals surface area contributed by atoms with Crippen LogP contribution in [0.25, 0.3) is 0 Å². The molecule has 0 spiro atoms. The van der Waals surface area contributed by atoms with Crippen LogP contribution in [0, 0.1) is 5.82 Å². The van der Waals surface area contributed by atoms with Crippen LogP contribution in [-0.4, -0.2) is 62.4 Å². The molecule has 2 aliphatic rings. The van der Waals surface area contributed by atoms with E-state index in [9.17, 15) is 27.5 Å². The third-order valence-corrected chi connectivity index (χ3v) is 6.52. The van der Waals surface area contributed by atoms with Crippen molar-refractivity contribution in [1.29, 1.82) is 0 Å². The van der Waals surface area contributed by atoms with Crippen molar-refractivity contribution in [2.75, 3.05) is 36.5 Å². The van der Waals surface area contributed by atoms with E-state index in [1.54, 1.807) is 12.0 Å². The number of alkyl halides is 3. The fourth-order valence-electron chi connectivity index (χ4n) is 4.81. The first-order valence-corrected chi connectivity index (χ1v) is 11.7. The van der Waals surface area contributed by atoms with Gasteiger partial charge in [-0.15, -0.1) is 13.2 Å². The Labute approximate surface area is 206 Å². The van der Waals surface area contributed by atoms with Crippen LogP contribution in [0.5, 0.6) is 11.5 Å². The second-order valence-electron chi connectivity index (χ2n) is 8.96. The smallest absolute Gasteiger partial charge is 0.490 e. The third-order valence-electron chi connectivity index (χ3n) is 6.52. The minimum Gasteiger partial charge on any atom is -0.490 e. The molecule has 4 rings (SSSR count). The Kier molecular flexibility index (Phi) is 7.77. The highest BCUT2D eigenvalue weighted by Crippen LogP contribution is 2.33. The number of carboxylic acids is 1. The molecule has 0 aliphatic carbocycles. The molecule has 2 aromatic rings. The van der Waals surface area contributed by atoms with E-state index in [0.717, 1.165) is 23.9 Å². The van der Waals surface area contributed by atoms with E-state index < -0.39 is 23.9 Å². The molecule has 196 valence electrons. The van der Waals surface area contributed by atoms with Gasteiger partial charge in [0.1, 0.15) is 23.4 Å². The van der Waals surface area contributed by atoms with Crippen LogP contribution in [0.2, 0.25) is 0 Å². The summed E-state index contributed by atoms with van der Waals surface area (Å²) in [5.41, 5.74) is 0.954. The predicted octanol–water partition coefficient (Wildman–Crippen LogP) is 4.84. The van der Waals surface area contributed by atoms with Gasteiger partial charge >= 0.3 is 12.3 Å². The van der Waals surface area contributed by atoms with E-state index in [1.807, 2.05) is 29.2 Å². The summed E-state index contributed by atoms with van der Waals surface area (Å²) in [4.78, 5) is 15.0. The summed E-state index contributed by atoms with van der Waals surface area (Å²) in [6.45, 7) is 1.44. The van der Waals surface area contributed by atoms with E-state index in [2.05, 4.69) is 4.74 Å². The van der Waals surface area contributed by atoms with Gasteiger partial charge in [0.2, 0.25) is 0 Å². The van der Waals surface area contributed by atoms with Gasteiger partial charge in [-0.2, -0.15) is 0 Å². The van der Waals surface area contributed by atoms with Gasteiger partial charge in [0.05, 0.1) is 18.2 Å². The van der Waals surface area contributed by atoms with Crippen molar-refractivity contribution in [1.82, 2.24) is 0 Å². The largest absolute Gasteiger partial charge is 0.573 e. The summed E-state index contributed by atoms with van der Waals surface area (Å²) in [6, 6.07) is 10.3. The normalized spacial score (nSPS) is 21.0. The fraction of sp³-hybridized carbons (Fsp3) is 0.480. The standard InChI is InChI=1S/C25H28F4N2O5/c1-34-21-12-17(13-24(32)33)31(15-21)16-2-4-18(5-3-16)35-19-8-10-30(11-9-19)23-14-20(6-7-22(23)26)36-25(27,28)29/h2-7,14,17,19,21H,8-13,15H2,1H3,(H,32,33). The quantitative estimate of drug-likeness (QED) is 0.508. The highest BCUT2D eigenvalue weighted by molar-refractivity contribution is 5.69. The lowest BCUT2D eigenvalue weighted by atomic mass is 10.1. The zero-order valence-electron chi connectivity index (χ0n) is 19.7. The Morgan fingerprint density at radius 1 is 1.06 bits per heavy atom. The molecule has 0 bridgehead atoms. The SMILES string of the molecule is COC1CC(CC(=O)O)N(c2ccc(OC3CCN(c4cc(OC(F)(F)F)ccc4F)CC3)cc2)C1. The van der Waals surface area contributed by atoms with Crippen LogP contribution in [0.3, 0.4) is 0 Å². The van der Waals surface area contributed by atoms with Crippen molar-refractivity contribution in [3.8, 4) is 11.5 Å². The van der Waals surface area contributed by atoms with Crippen LogP contribution < -0.4 is 19.3 Å². The molecule has 0 aromatic heterocycles. The Morgan fingerprint density at radius 3 is 2.33 bits per heavy atom. The third kappa shape index (κ3) is 6.51. The number of aliphatic carboxylic acids is 1. The fourth-order valence-corrected chi connectivity index (χ4v) is 4.81. The maximum atomic E-state index is 14.3. The highest BCUT2D eigenvalue weighted by atomic mass is 19.4. The van der Waals surface area contributed by atoms with Gasteiger partial charge in [0.25, 0.3) is 0 Å². The Hall–Kier alpha value is -3.21. The Bertz CT molecular complexity index is 1040. The molecule has 1 N–H and O–H groups in total. The second-order valence-corrected chi connectivity index (χ2v) is 8.96. The number of methoxy groups -OCH3 is 1. The maximum Gasteiger partial charge on any atom is 0.573 e. The maximum absolute atomic E-state index is 14.3. The summed E-state index contributed by atoms with van der Waals surface area (Å²) < 4.78 is 67.2. The van der Waals surface area contributed by atoms with Crippen molar-refractivity contribution >= 4 is 17.3 Å². The molecule has 2 saturated heterocycles. The summed E-state index contributed by atoms with van der Waals surface area (Å²) in [6.07, 6.45) is -3.20. The van der Waals surface area contributed by atoms with E-state index in [-0.39, 0.29) is 30.4 Å². The average Bonchev–Trinajstić information content (AvgIpc) is 3.23. The number of carbonyl (C=O) groups is 1. The monoisotopic (exact) mass is 512 g/mol. The topological polar surface area (TPSA) is 71.5 Å². The van der Waals surface area contributed by atoms with Crippen molar-refractivity contribution in [3.63, 3.8) is 0 Å². The molecular formula is C25H28F4N2O5. The number of hydrogen-bond acceptors (Lipinski definition) is 6. The van der Waals surface area contributed by atoms with Crippen LogP contribution in [0.4, 0.5) is 28.9 Å². The van der Waals surface area contributed by atoms with Gasteiger partial charge in [-0.25, -0.2) is 4.39 Å². The molecule has 11 heteroatoms. The molecule has 0 saturated carbocycles. The molecule has 2 aromatic carbocycles. The van der Waals surface area contributed by atoms with Crippen LogP contribution >= 0.6 is 0 Å². The van der Waals surface area contributed by atoms with Crippen molar-refractivity contribution < 1.29 is 41.7 Å². The zero-order valence-corrected chi connectivity index (χ0v) is 19.7. The summed E-state index contributed by atoms with van der Waals surface area (Å²) >= 11 is 0. The van der Waals surface area contributed by atoms with Gasteiger partial charge in [0.15, 0.2) is 0 Å². The molecule has 0 amide bonds. The highest BCUT2D eigenvalue weighted by Gasteiger charge is 2.34. The second kappa shape index (κ2) is 10.8. The molecule has 2 atom stereocenters. The van der Waals surface area contributed by atoms with E-state index in [1.165, 1.54) is 0 Å². The van der Waals surface area contributed by atoms with Gasteiger partial charge in [-0.05, 0) is 42.8 Å². The molecule has 2 unspecified atom stereocenters. The van der Waals surface area contributed by atoms with Gasteiger partial charge in [-0.3, -0.25) is 4.79 Å². The van der Waals surface area contributed by atoms with E-state index >= 15 is 0 Å². The Balaban J connectivity index is 1.34. The van der Waals surface area contributed by atoms with E-state index in [4.69, 9.17) is 9.47 Å². The number of nitrogens with zero attached hydrogens (tertiary/aromatic N) is 2. The summed E-state index contributed by atoms with van der Waals surface area (Å²) in [5.74, 6) is -1.27. The molecule has 2 heterocycles. The lowest BCUT2D eigenvalue weighted by molar-refractivity contribution is -0.274. The number of piperidine rings is 1. The number of carboxylic acid groups (broad SMARTS) is 1. The first kappa shape index (κ1) is 25.9. The number of rotatable bonds is 8. The number of hydrogen-bond donors (Lipinski definition) is 1. The first-order chi connectivity index (χ1) is 17.1. The summed E-state index contributed by atoms with van der Waals surface area (Å²) in [5, 5.41) is 9.23. The molecule has 2 aliphatic heterocycles.